The molecule has 2 aliphatic heterocycles. The number of nitrogens with zero attached hydrogens (tertiary/aromatic N) is 4. The van der Waals surface area contributed by atoms with Crippen molar-refractivity contribution >= 4 is 50.3 Å². The molecular weight excluding hydrogens is 608 g/mol. The van der Waals surface area contributed by atoms with Gasteiger partial charge < -0.3 is 30.0 Å². The number of rotatable bonds is 8. The van der Waals surface area contributed by atoms with Crippen LogP contribution in [0.5, 0.6) is 5.75 Å². The smallest absolute Gasteiger partial charge is 0.324 e. The van der Waals surface area contributed by atoms with Crippen LogP contribution in [-0.2, 0) is 29.0 Å². The van der Waals surface area contributed by atoms with Gasteiger partial charge in [0.1, 0.15) is 24.3 Å². The molecule has 2 aliphatic rings. The van der Waals surface area contributed by atoms with E-state index >= 15 is 0 Å². The maximum atomic E-state index is 12.9. The molecule has 2 aromatic heterocycles. The molecule has 0 aliphatic carbocycles. The molecule has 2 saturated heterocycles. The first-order valence-electron chi connectivity index (χ1n) is 13.9. The number of anilines is 3. The van der Waals surface area contributed by atoms with Crippen LogP contribution in [0.4, 0.5) is 22.0 Å². The van der Waals surface area contributed by atoms with Crippen molar-refractivity contribution in [3.8, 4) is 5.75 Å². The molecule has 0 spiro atoms. The van der Waals surface area contributed by atoms with E-state index in [-0.39, 0.29) is 33.6 Å². The van der Waals surface area contributed by atoms with E-state index in [0.29, 0.717) is 17.9 Å². The van der Waals surface area contributed by atoms with E-state index in [2.05, 4.69) is 35.6 Å². The van der Waals surface area contributed by atoms with E-state index in [1.165, 1.54) is 61.2 Å². The summed E-state index contributed by atoms with van der Waals surface area (Å²) in [7, 11) is -3.91. The summed E-state index contributed by atoms with van der Waals surface area (Å²) >= 11 is 0. The third-order valence-corrected chi connectivity index (χ3v) is 8.44. The van der Waals surface area contributed by atoms with Gasteiger partial charge in [-0.15, -0.1) is 0 Å². The number of aromatic hydroxyl groups is 1. The number of fused-ring (bicyclic) bond motifs is 2. The minimum Gasteiger partial charge on any atom is -0.508 e. The van der Waals surface area contributed by atoms with Crippen LogP contribution in [-0.4, -0.2) is 75.6 Å². The zero-order chi connectivity index (χ0) is 31.9. The number of carbonyl (C=O) groups is 2. The van der Waals surface area contributed by atoms with Crippen molar-refractivity contribution in [3.63, 3.8) is 0 Å². The quantitative estimate of drug-likeness (QED) is 0.177. The molecule has 4 aromatic rings. The molecular formula is C28H30N8O8S. The van der Waals surface area contributed by atoms with Crippen molar-refractivity contribution in [2.45, 2.75) is 56.0 Å². The highest BCUT2D eigenvalue weighted by atomic mass is 32.2. The zero-order valence-corrected chi connectivity index (χ0v) is 25.1. The van der Waals surface area contributed by atoms with E-state index in [1.54, 1.807) is 25.3 Å². The van der Waals surface area contributed by atoms with Crippen LogP contribution in [0.3, 0.4) is 0 Å². The van der Waals surface area contributed by atoms with E-state index < -0.39 is 46.4 Å². The fourth-order valence-electron chi connectivity index (χ4n) is 5.15. The number of phenolic OH excluding ortho intramolecular Hbond substituents is 1. The lowest BCUT2D eigenvalue weighted by Gasteiger charge is -2.24. The van der Waals surface area contributed by atoms with E-state index in [0.717, 1.165) is 0 Å². The number of urea groups is 1. The summed E-state index contributed by atoms with van der Waals surface area (Å²) < 4.78 is 47.6. The Morgan fingerprint density at radius 3 is 2.36 bits per heavy atom. The molecule has 0 radical (unpaired) electrons. The summed E-state index contributed by atoms with van der Waals surface area (Å²) in [6.07, 6.45) is -0.309. The van der Waals surface area contributed by atoms with Crippen molar-refractivity contribution in [2.24, 2.45) is 0 Å². The minimum atomic E-state index is -3.91. The van der Waals surface area contributed by atoms with Gasteiger partial charge >= 0.3 is 6.03 Å². The van der Waals surface area contributed by atoms with Gasteiger partial charge in [-0.1, -0.05) is 0 Å². The number of carbonyl (C=O) groups excluding carboxylic acids is 2. The Kier molecular flexibility index (Phi) is 7.77. The molecule has 6 rings (SSSR count). The molecule has 0 bridgehead atoms. The van der Waals surface area contributed by atoms with E-state index in [9.17, 15) is 23.1 Å². The highest BCUT2D eigenvalue weighted by Crippen LogP contribution is 2.44. The predicted octanol–water partition coefficient (Wildman–Crippen LogP) is 2.53. The van der Waals surface area contributed by atoms with Gasteiger partial charge in [-0.2, -0.15) is 0 Å². The first kappa shape index (κ1) is 30.2. The largest absolute Gasteiger partial charge is 0.508 e. The van der Waals surface area contributed by atoms with Gasteiger partial charge in [0.25, 0.3) is 15.9 Å². The Morgan fingerprint density at radius 2 is 1.64 bits per heavy atom. The maximum absolute atomic E-state index is 12.9. The van der Waals surface area contributed by atoms with Gasteiger partial charge in [0.2, 0.25) is 0 Å². The van der Waals surface area contributed by atoms with Gasteiger partial charge in [0.05, 0.1) is 11.2 Å². The normalized spacial score (nSPS) is 22.1. The molecule has 0 unspecified atom stereocenters. The number of aromatic nitrogens is 4. The van der Waals surface area contributed by atoms with E-state index in [4.69, 9.17) is 14.2 Å². The second kappa shape index (κ2) is 11.6. The molecule has 16 nitrogen and oxygen atoms in total. The summed E-state index contributed by atoms with van der Waals surface area (Å²) in [4.78, 5) is 38.4. The lowest BCUT2D eigenvalue weighted by atomic mass is 10.1. The van der Waals surface area contributed by atoms with Crippen molar-refractivity contribution in [1.29, 1.82) is 0 Å². The molecule has 0 saturated carbocycles. The van der Waals surface area contributed by atoms with E-state index in [1.807, 2.05) is 0 Å². The van der Waals surface area contributed by atoms with Crippen LogP contribution in [0.2, 0.25) is 0 Å². The maximum Gasteiger partial charge on any atom is 0.324 e. The van der Waals surface area contributed by atoms with Crippen LogP contribution in [0, 0.1) is 0 Å². The molecule has 236 valence electrons. The zero-order valence-electron chi connectivity index (χ0n) is 24.3. The number of hydrogen-bond acceptors (Lipinski definition) is 11. The van der Waals surface area contributed by atoms with Crippen LogP contribution in [0.25, 0.3) is 11.2 Å². The Labute approximate surface area is 257 Å². The Morgan fingerprint density at radius 1 is 0.956 bits per heavy atom. The molecule has 2 aromatic carbocycles. The lowest BCUT2D eigenvalue weighted by molar-refractivity contribution is -0.197. The second-order valence-corrected chi connectivity index (χ2v) is 12.4. The van der Waals surface area contributed by atoms with Gasteiger partial charge in [0, 0.05) is 17.9 Å². The first-order chi connectivity index (χ1) is 21.4. The number of imidazole rings is 1. The minimum absolute atomic E-state index is 0.00739. The van der Waals surface area contributed by atoms with Crippen molar-refractivity contribution in [1.82, 2.24) is 24.8 Å². The summed E-state index contributed by atoms with van der Waals surface area (Å²) in [5.74, 6) is -1.15. The summed E-state index contributed by atoms with van der Waals surface area (Å²) in [5, 5.41) is 17.4. The molecule has 5 N–H and O–H groups in total. The summed E-state index contributed by atoms with van der Waals surface area (Å²) in [6.45, 7) is 5.74. The van der Waals surface area contributed by atoms with Crippen LogP contribution >= 0.6 is 0 Å². The monoisotopic (exact) mass is 638 g/mol. The highest BCUT2D eigenvalue weighted by molar-refractivity contribution is 7.92. The average Bonchev–Trinajstić information content (AvgIpc) is 3.65. The Bertz CT molecular complexity index is 1850. The predicted molar refractivity (Wildman–Crippen MR) is 160 cm³/mol. The van der Waals surface area contributed by atoms with Gasteiger partial charge in [-0.3, -0.25) is 19.4 Å². The average molecular weight is 639 g/mol. The number of amides is 3. The third-order valence-electron chi connectivity index (χ3n) is 7.05. The number of sulfonamides is 1. The van der Waals surface area contributed by atoms with Crippen LogP contribution in [0.1, 0.15) is 27.0 Å². The van der Waals surface area contributed by atoms with Crippen molar-refractivity contribution in [2.75, 3.05) is 21.9 Å². The number of hydrogen-bond donors (Lipinski definition) is 5. The van der Waals surface area contributed by atoms with Gasteiger partial charge in [-0.05, 0) is 69.3 Å². The second-order valence-electron chi connectivity index (χ2n) is 10.7. The number of phenols is 1. The number of nitrogens with one attached hydrogen (secondary N) is 4. The van der Waals surface area contributed by atoms with Crippen molar-refractivity contribution in [3.05, 3.63) is 61.2 Å². The van der Waals surface area contributed by atoms with Gasteiger partial charge in [0.15, 0.2) is 35.1 Å². The Hall–Kier alpha value is -4.84. The lowest BCUT2D eigenvalue weighted by Crippen LogP contribution is -2.42. The molecule has 45 heavy (non-hydrogen) atoms. The molecule has 3 amide bonds. The SMILES string of the molecule is CCNC(=O)[C@H]1O[C@@H](n2cnc3c(NC(=O)Nc4ccc(S(=O)(=O)Nc5ccc(O)cc5)cc4)ncnc32)[C@@H]2OC(C)(C)O[C@@H]21. The number of ether oxygens (including phenoxy) is 3. The fourth-order valence-corrected chi connectivity index (χ4v) is 6.21. The standard InChI is InChI=1S/C28H30N8O8S/c1-4-29-25(38)21-20-22(44-28(2,3)43-20)26(42-21)36-14-32-19-23(30-13-31-24(19)36)34-27(39)33-15-7-11-18(12-8-15)45(40,41)35-16-5-9-17(37)10-6-16/h5-14,20-22,26,35,37H,4H2,1-3H3,(H,29,38)(H2,30,31,33,34,39)/t20-,21+,22-,26-/m1/s1. The van der Waals surface area contributed by atoms with Crippen molar-refractivity contribution < 1.29 is 37.3 Å². The van der Waals surface area contributed by atoms with Gasteiger partial charge in [-0.25, -0.2) is 28.2 Å². The first-order valence-corrected chi connectivity index (χ1v) is 15.4. The number of likely N-dealkylation sites (N-methyl/N-ethyl adjacent to an activating group) is 1. The Balaban J connectivity index is 1.16. The molecule has 17 heteroatoms. The fraction of sp³-hybridized carbons (Fsp3) is 0.321. The molecule has 4 atom stereocenters. The molecule has 2 fully saturated rings. The topological polar surface area (TPSA) is 208 Å². The van der Waals surface area contributed by atoms with Crippen LogP contribution < -0.4 is 20.7 Å². The van der Waals surface area contributed by atoms with Crippen LogP contribution in [0.15, 0.2) is 66.1 Å². The summed E-state index contributed by atoms with van der Waals surface area (Å²) in [5.41, 5.74) is 1.18. The highest BCUT2D eigenvalue weighted by Gasteiger charge is 2.58. The summed E-state index contributed by atoms with van der Waals surface area (Å²) in [6, 6.07) is 10.4. The molecule has 4 heterocycles. The third kappa shape index (κ3) is 6.10. The number of benzene rings is 2.